The fourth-order valence-electron chi connectivity index (χ4n) is 1.24. The molecule has 0 saturated carbocycles. The minimum absolute atomic E-state index is 0.104. The molecular formula is C10H16BrN3OS. The fraction of sp³-hybridized carbons (Fsp3) is 0.600. The second-order valence-electron chi connectivity index (χ2n) is 4.55. The first-order valence-electron chi connectivity index (χ1n) is 4.92. The Kier molecular flexibility index (Phi) is 4.46. The van der Waals surface area contributed by atoms with E-state index in [4.69, 9.17) is 5.73 Å². The third kappa shape index (κ3) is 4.19. The number of primary amides is 1. The molecule has 6 heteroatoms. The fourth-order valence-corrected chi connectivity index (χ4v) is 2.56. The third-order valence-electron chi connectivity index (χ3n) is 2.15. The molecule has 0 saturated heterocycles. The normalized spacial score (nSPS) is 12.1. The van der Waals surface area contributed by atoms with Crippen LogP contribution in [-0.4, -0.2) is 27.9 Å². The van der Waals surface area contributed by atoms with Gasteiger partial charge >= 0.3 is 0 Å². The second kappa shape index (κ2) is 5.25. The molecular weight excluding hydrogens is 290 g/mol. The monoisotopic (exact) mass is 305 g/mol. The molecule has 0 spiro atoms. The van der Waals surface area contributed by atoms with Crippen LogP contribution in [0, 0.1) is 0 Å². The number of carbonyl (C=O) groups excluding carboxylic acids is 1. The van der Waals surface area contributed by atoms with Gasteiger partial charge in [0.2, 0.25) is 5.91 Å². The molecule has 0 fully saturated rings. The van der Waals surface area contributed by atoms with Gasteiger partial charge in [-0.1, -0.05) is 0 Å². The van der Waals surface area contributed by atoms with Crippen molar-refractivity contribution in [2.75, 3.05) is 6.54 Å². The Morgan fingerprint density at radius 2 is 2.25 bits per heavy atom. The number of nitrogens with zero attached hydrogens (tertiary/aromatic N) is 2. The van der Waals surface area contributed by atoms with Crippen molar-refractivity contribution in [3.63, 3.8) is 0 Å². The summed E-state index contributed by atoms with van der Waals surface area (Å²) in [6, 6.07) is 0. The van der Waals surface area contributed by atoms with Crippen molar-refractivity contribution in [3.05, 3.63) is 15.0 Å². The second-order valence-corrected chi connectivity index (χ2v) is 7.05. The minimum Gasteiger partial charge on any atom is -0.369 e. The van der Waals surface area contributed by atoms with E-state index in [9.17, 15) is 4.79 Å². The highest BCUT2D eigenvalue weighted by molar-refractivity contribution is 9.11. The highest BCUT2D eigenvalue weighted by Crippen LogP contribution is 2.23. The number of thiazole rings is 1. The average Bonchev–Trinajstić information content (AvgIpc) is 2.47. The van der Waals surface area contributed by atoms with Gasteiger partial charge in [0.25, 0.3) is 0 Å². The summed E-state index contributed by atoms with van der Waals surface area (Å²) < 4.78 is 0.996. The van der Waals surface area contributed by atoms with Crippen LogP contribution in [0.5, 0.6) is 0 Å². The molecule has 1 aromatic rings. The van der Waals surface area contributed by atoms with Crippen molar-refractivity contribution in [3.8, 4) is 0 Å². The number of nitrogens with two attached hydrogens (primary N) is 1. The first kappa shape index (κ1) is 13.6. The van der Waals surface area contributed by atoms with E-state index >= 15 is 0 Å². The quantitative estimate of drug-likeness (QED) is 0.925. The number of carbonyl (C=O) groups is 1. The summed E-state index contributed by atoms with van der Waals surface area (Å²) in [5.41, 5.74) is 5.14. The summed E-state index contributed by atoms with van der Waals surface area (Å²) in [5, 5.41) is 0.975. The van der Waals surface area contributed by atoms with Crippen LogP contribution in [0.25, 0.3) is 0 Å². The highest BCUT2D eigenvalue weighted by atomic mass is 79.9. The SMILES string of the molecule is CC(C)(C)N(CC(N)=O)Cc1ncc(Br)s1. The lowest BCUT2D eigenvalue weighted by Gasteiger charge is -2.33. The number of aromatic nitrogens is 1. The van der Waals surface area contributed by atoms with Crippen LogP contribution in [0.15, 0.2) is 9.98 Å². The maximum Gasteiger partial charge on any atom is 0.231 e. The van der Waals surface area contributed by atoms with Gasteiger partial charge < -0.3 is 5.73 Å². The van der Waals surface area contributed by atoms with Crippen LogP contribution in [0.4, 0.5) is 0 Å². The molecule has 16 heavy (non-hydrogen) atoms. The summed E-state index contributed by atoms with van der Waals surface area (Å²) >= 11 is 4.94. The Hall–Kier alpha value is -0.460. The molecule has 1 aromatic heterocycles. The number of amides is 1. The predicted molar refractivity (Wildman–Crippen MR) is 69.2 cm³/mol. The lowest BCUT2D eigenvalue weighted by molar-refractivity contribution is -0.120. The van der Waals surface area contributed by atoms with E-state index < -0.39 is 0 Å². The lowest BCUT2D eigenvalue weighted by Crippen LogP contribution is -2.45. The van der Waals surface area contributed by atoms with Gasteiger partial charge in [-0.3, -0.25) is 9.69 Å². The van der Waals surface area contributed by atoms with Gasteiger partial charge in [-0.2, -0.15) is 0 Å². The Balaban J connectivity index is 2.74. The van der Waals surface area contributed by atoms with E-state index in [1.807, 2.05) is 4.90 Å². The first-order valence-corrected chi connectivity index (χ1v) is 6.53. The molecule has 0 unspecified atom stereocenters. The molecule has 0 aromatic carbocycles. The number of hydrogen-bond acceptors (Lipinski definition) is 4. The Morgan fingerprint density at radius 1 is 1.62 bits per heavy atom. The molecule has 4 nitrogen and oxygen atoms in total. The molecule has 1 rings (SSSR count). The molecule has 2 N–H and O–H groups in total. The van der Waals surface area contributed by atoms with Crippen LogP contribution in [0.1, 0.15) is 25.8 Å². The van der Waals surface area contributed by atoms with E-state index in [0.717, 1.165) is 8.79 Å². The van der Waals surface area contributed by atoms with Crippen LogP contribution in [0.2, 0.25) is 0 Å². The predicted octanol–water partition coefficient (Wildman–Crippen LogP) is 1.99. The standard InChI is InChI=1S/C10H16BrN3OS/c1-10(2,3)14(5-8(12)15)6-9-13-4-7(11)16-9/h4H,5-6H2,1-3H3,(H2,12,15). The molecule has 0 aliphatic carbocycles. The largest absolute Gasteiger partial charge is 0.369 e. The Morgan fingerprint density at radius 3 is 2.62 bits per heavy atom. The summed E-state index contributed by atoms with van der Waals surface area (Å²) in [7, 11) is 0. The van der Waals surface area contributed by atoms with E-state index in [-0.39, 0.29) is 18.0 Å². The topological polar surface area (TPSA) is 59.2 Å². The lowest BCUT2D eigenvalue weighted by atomic mass is 10.1. The summed E-state index contributed by atoms with van der Waals surface area (Å²) in [6.45, 7) is 7.05. The first-order chi connectivity index (χ1) is 7.29. The molecule has 0 aliphatic heterocycles. The maximum atomic E-state index is 11.0. The zero-order chi connectivity index (χ0) is 12.3. The zero-order valence-electron chi connectivity index (χ0n) is 9.66. The van der Waals surface area contributed by atoms with Gasteiger partial charge in [0.05, 0.1) is 23.1 Å². The molecule has 0 radical (unpaired) electrons. The maximum absolute atomic E-state index is 11.0. The molecule has 0 bridgehead atoms. The van der Waals surface area contributed by atoms with Gasteiger partial charge in [0.1, 0.15) is 5.01 Å². The van der Waals surface area contributed by atoms with Gasteiger partial charge in [-0.15, -0.1) is 11.3 Å². The van der Waals surface area contributed by atoms with E-state index in [1.54, 1.807) is 17.5 Å². The third-order valence-corrected chi connectivity index (χ3v) is 3.61. The van der Waals surface area contributed by atoms with Gasteiger partial charge in [-0.25, -0.2) is 4.98 Å². The number of hydrogen-bond donors (Lipinski definition) is 1. The van der Waals surface area contributed by atoms with E-state index in [2.05, 4.69) is 41.7 Å². The van der Waals surface area contributed by atoms with Crippen molar-refractivity contribution in [2.45, 2.75) is 32.9 Å². The Bertz CT molecular complexity index is 372. The molecule has 0 aliphatic rings. The van der Waals surface area contributed by atoms with Gasteiger partial charge in [-0.05, 0) is 36.7 Å². The molecule has 90 valence electrons. The van der Waals surface area contributed by atoms with Crippen LogP contribution < -0.4 is 5.73 Å². The van der Waals surface area contributed by atoms with Gasteiger partial charge in [0, 0.05) is 5.54 Å². The summed E-state index contributed by atoms with van der Waals surface area (Å²) in [6.07, 6.45) is 1.77. The Labute approximate surface area is 108 Å². The number of halogens is 1. The van der Waals surface area contributed by atoms with Crippen molar-refractivity contribution in [1.29, 1.82) is 0 Å². The molecule has 1 amide bonds. The summed E-state index contributed by atoms with van der Waals surface area (Å²) in [4.78, 5) is 17.3. The highest BCUT2D eigenvalue weighted by Gasteiger charge is 2.23. The van der Waals surface area contributed by atoms with Crippen LogP contribution in [-0.2, 0) is 11.3 Å². The summed E-state index contributed by atoms with van der Waals surface area (Å²) in [5.74, 6) is -0.314. The smallest absolute Gasteiger partial charge is 0.231 e. The molecule has 0 atom stereocenters. The van der Waals surface area contributed by atoms with Crippen LogP contribution >= 0.6 is 27.3 Å². The van der Waals surface area contributed by atoms with Crippen molar-refractivity contribution >= 4 is 33.2 Å². The minimum atomic E-state index is -0.314. The van der Waals surface area contributed by atoms with Crippen molar-refractivity contribution in [2.24, 2.45) is 5.73 Å². The average molecular weight is 306 g/mol. The van der Waals surface area contributed by atoms with E-state index in [1.165, 1.54) is 0 Å². The zero-order valence-corrected chi connectivity index (χ0v) is 12.1. The van der Waals surface area contributed by atoms with E-state index in [0.29, 0.717) is 6.54 Å². The molecule has 1 heterocycles. The van der Waals surface area contributed by atoms with Crippen LogP contribution in [0.3, 0.4) is 0 Å². The van der Waals surface area contributed by atoms with Crippen molar-refractivity contribution in [1.82, 2.24) is 9.88 Å². The van der Waals surface area contributed by atoms with Crippen molar-refractivity contribution < 1.29 is 4.79 Å². The van der Waals surface area contributed by atoms with Gasteiger partial charge in [0.15, 0.2) is 0 Å². The number of rotatable bonds is 4.